The van der Waals surface area contributed by atoms with Crippen LogP contribution >= 0.6 is 0 Å². The standard InChI is InChI=1S/C12H12F2N2O4/c13-8-3-7(11(18)19)10(4-9(8)14)15-12(20)16-2-1-6(17)5-16/h3-4,6,17H,1-2,5H2,(H,15,20)(H,18,19). The van der Waals surface area contributed by atoms with Gasteiger partial charge in [0, 0.05) is 19.2 Å². The van der Waals surface area contributed by atoms with Gasteiger partial charge in [-0.3, -0.25) is 0 Å². The first-order valence-electron chi connectivity index (χ1n) is 5.85. The van der Waals surface area contributed by atoms with E-state index in [-0.39, 0.29) is 12.2 Å². The first-order valence-corrected chi connectivity index (χ1v) is 5.85. The van der Waals surface area contributed by atoms with E-state index in [1.807, 2.05) is 0 Å². The first-order chi connectivity index (χ1) is 9.38. The summed E-state index contributed by atoms with van der Waals surface area (Å²) in [5.74, 6) is -4.05. The van der Waals surface area contributed by atoms with Gasteiger partial charge in [0.1, 0.15) is 0 Å². The van der Waals surface area contributed by atoms with Crippen molar-refractivity contribution in [3.05, 3.63) is 29.3 Å². The largest absolute Gasteiger partial charge is 0.478 e. The number of aliphatic hydroxyl groups is 1. The third-order valence-corrected chi connectivity index (χ3v) is 2.98. The summed E-state index contributed by atoms with van der Waals surface area (Å²) in [5, 5.41) is 20.4. The molecule has 0 aliphatic carbocycles. The molecular formula is C12H12F2N2O4. The van der Waals surface area contributed by atoms with Crippen LogP contribution in [0.3, 0.4) is 0 Å². The molecule has 1 atom stereocenters. The highest BCUT2D eigenvalue weighted by atomic mass is 19.2. The fraction of sp³-hybridized carbons (Fsp3) is 0.333. The Morgan fingerprint density at radius 3 is 2.50 bits per heavy atom. The predicted molar refractivity (Wildman–Crippen MR) is 64.5 cm³/mol. The maximum Gasteiger partial charge on any atom is 0.337 e. The number of carboxylic acids is 1. The number of amides is 2. The number of nitrogens with one attached hydrogen (secondary N) is 1. The highest BCUT2D eigenvalue weighted by molar-refractivity contribution is 6.00. The molecule has 1 aliphatic heterocycles. The van der Waals surface area contributed by atoms with Crippen molar-refractivity contribution >= 4 is 17.7 Å². The molecule has 8 heteroatoms. The van der Waals surface area contributed by atoms with E-state index in [0.29, 0.717) is 25.1 Å². The highest BCUT2D eigenvalue weighted by Gasteiger charge is 2.26. The third-order valence-electron chi connectivity index (χ3n) is 2.98. The number of likely N-dealkylation sites (tertiary alicyclic amines) is 1. The van der Waals surface area contributed by atoms with Crippen LogP contribution in [0.5, 0.6) is 0 Å². The van der Waals surface area contributed by atoms with E-state index in [0.717, 1.165) is 0 Å². The van der Waals surface area contributed by atoms with Crippen molar-refractivity contribution in [1.29, 1.82) is 0 Å². The lowest BCUT2D eigenvalue weighted by molar-refractivity contribution is 0.0697. The SMILES string of the molecule is O=C(O)c1cc(F)c(F)cc1NC(=O)N1CCC(O)C1. The maximum atomic E-state index is 13.1. The van der Waals surface area contributed by atoms with Gasteiger partial charge >= 0.3 is 12.0 Å². The summed E-state index contributed by atoms with van der Waals surface area (Å²) in [4.78, 5) is 24.0. The van der Waals surface area contributed by atoms with Gasteiger partial charge < -0.3 is 20.4 Å². The van der Waals surface area contributed by atoms with Crippen molar-refractivity contribution < 1.29 is 28.6 Å². The third kappa shape index (κ3) is 2.85. The van der Waals surface area contributed by atoms with Gasteiger partial charge in [0.05, 0.1) is 17.4 Å². The summed E-state index contributed by atoms with van der Waals surface area (Å²) in [6, 6.07) is 0.449. The van der Waals surface area contributed by atoms with Crippen LogP contribution in [-0.4, -0.2) is 46.3 Å². The van der Waals surface area contributed by atoms with E-state index in [1.54, 1.807) is 0 Å². The smallest absolute Gasteiger partial charge is 0.337 e. The average Bonchev–Trinajstić information content (AvgIpc) is 2.80. The van der Waals surface area contributed by atoms with Crippen LogP contribution in [0.1, 0.15) is 16.8 Å². The molecule has 2 amide bonds. The lowest BCUT2D eigenvalue weighted by Crippen LogP contribution is -2.34. The quantitative estimate of drug-likeness (QED) is 0.763. The van der Waals surface area contributed by atoms with Crippen LogP contribution in [0.15, 0.2) is 12.1 Å². The van der Waals surface area contributed by atoms with Crippen molar-refractivity contribution in [3.8, 4) is 0 Å². The fourth-order valence-corrected chi connectivity index (χ4v) is 1.95. The van der Waals surface area contributed by atoms with Crippen LogP contribution in [0.4, 0.5) is 19.3 Å². The second kappa shape index (κ2) is 5.41. The molecule has 2 rings (SSSR count). The number of anilines is 1. The van der Waals surface area contributed by atoms with Crippen LogP contribution in [0.25, 0.3) is 0 Å². The number of rotatable bonds is 2. The first kappa shape index (κ1) is 14.2. The van der Waals surface area contributed by atoms with E-state index in [4.69, 9.17) is 5.11 Å². The van der Waals surface area contributed by atoms with Gasteiger partial charge in [-0.15, -0.1) is 0 Å². The molecule has 1 aromatic rings. The Morgan fingerprint density at radius 2 is 1.95 bits per heavy atom. The summed E-state index contributed by atoms with van der Waals surface area (Å²) in [7, 11) is 0. The zero-order valence-corrected chi connectivity index (χ0v) is 10.3. The van der Waals surface area contributed by atoms with Crippen LogP contribution in [0, 0.1) is 11.6 Å². The van der Waals surface area contributed by atoms with Crippen molar-refractivity contribution in [3.63, 3.8) is 0 Å². The molecule has 0 aromatic heterocycles. The van der Waals surface area contributed by atoms with Gasteiger partial charge in [-0.05, 0) is 12.5 Å². The van der Waals surface area contributed by atoms with Crippen molar-refractivity contribution in [2.45, 2.75) is 12.5 Å². The fourth-order valence-electron chi connectivity index (χ4n) is 1.95. The van der Waals surface area contributed by atoms with E-state index >= 15 is 0 Å². The number of carbonyl (C=O) groups is 2. The minimum absolute atomic E-state index is 0.109. The van der Waals surface area contributed by atoms with E-state index in [9.17, 15) is 23.5 Å². The molecule has 6 nitrogen and oxygen atoms in total. The van der Waals surface area contributed by atoms with Gasteiger partial charge in [0.25, 0.3) is 0 Å². The number of aromatic carboxylic acids is 1. The number of carboxylic acid groups (broad SMARTS) is 1. The molecule has 0 saturated carbocycles. The summed E-state index contributed by atoms with van der Waals surface area (Å²) in [5.41, 5.74) is -0.875. The Labute approximate surface area is 112 Å². The van der Waals surface area contributed by atoms with Crippen LogP contribution < -0.4 is 5.32 Å². The molecule has 0 radical (unpaired) electrons. The van der Waals surface area contributed by atoms with Crippen LogP contribution in [0.2, 0.25) is 0 Å². The topological polar surface area (TPSA) is 89.9 Å². The minimum atomic E-state index is -1.49. The molecular weight excluding hydrogens is 274 g/mol. The normalized spacial score (nSPS) is 18.1. The molecule has 1 aliphatic rings. The number of hydrogen-bond donors (Lipinski definition) is 3. The van der Waals surface area contributed by atoms with Crippen molar-refractivity contribution in [1.82, 2.24) is 4.90 Å². The number of aliphatic hydroxyl groups excluding tert-OH is 1. The van der Waals surface area contributed by atoms with Gasteiger partial charge in [-0.1, -0.05) is 0 Å². The molecule has 1 unspecified atom stereocenters. The summed E-state index contributed by atoms with van der Waals surface area (Å²) < 4.78 is 26.2. The molecule has 20 heavy (non-hydrogen) atoms. The zero-order valence-electron chi connectivity index (χ0n) is 10.3. The number of β-amino-alcohol motifs (C(OH)–C–C–N with tert-alkyl or cyclic N) is 1. The van der Waals surface area contributed by atoms with Crippen molar-refractivity contribution in [2.24, 2.45) is 0 Å². The maximum absolute atomic E-state index is 13.1. The predicted octanol–water partition coefficient (Wildman–Crippen LogP) is 1.26. The van der Waals surface area contributed by atoms with E-state index in [2.05, 4.69) is 5.32 Å². The molecule has 0 bridgehead atoms. The Morgan fingerprint density at radius 1 is 1.30 bits per heavy atom. The van der Waals surface area contributed by atoms with Crippen molar-refractivity contribution in [2.75, 3.05) is 18.4 Å². The minimum Gasteiger partial charge on any atom is -0.478 e. The zero-order chi connectivity index (χ0) is 14.9. The monoisotopic (exact) mass is 286 g/mol. The highest BCUT2D eigenvalue weighted by Crippen LogP contribution is 2.21. The van der Waals surface area contributed by atoms with Crippen LogP contribution in [-0.2, 0) is 0 Å². The Balaban J connectivity index is 2.22. The van der Waals surface area contributed by atoms with Gasteiger partial charge in [-0.2, -0.15) is 0 Å². The number of carbonyl (C=O) groups excluding carboxylic acids is 1. The Hall–Kier alpha value is -2.22. The number of urea groups is 1. The number of benzene rings is 1. The number of nitrogens with zero attached hydrogens (tertiary/aromatic N) is 1. The summed E-state index contributed by atoms with van der Waals surface area (Å²) >= 11 is 0. The second-order valence-electron chi connectivity index (χ2n) is 4.44. The average molecular weight is 286 g/mol. The molecule has 108 valence electrons. The molecule has 3 N–H and O–H groups in total. The number of halogens is 2. The van der Waals surface area contributed by atoms with Gasteiger partial charge in [0.15, 0.2) is 11.6 Å². The molecule has 1 heterocycles. The summed E-state index contributed by atoms with van der Waals surface area (Å²) in [6.45, 7) is 0.414. The Bertz CT molecular complexity index is 565. The molecule has 0 spiro atoms. The molecule has 1 saturated heterocycles. The van der Waals surface area contributed by atoms with Gasteiger partial charge in [-0.25, -0.2) is 18.4 Å². The number of hydrogen-bond acceptors (Lipinski definition) is 3. The second-order valence-corrected chi connectivity index (χ2v) is 4.44. The Kier molecular flexibility index (Phi) is 3.84. The molecule has 1 aromatic carbocycles. The lowest BCUT2D eigenvalue weighted by Gasteiger charge is -2.17. The van der Waals surface area contributed by atoms with E-state index < -0.39 is 35.3 Å². The molecule has 1 fully saturated rings. The van der Waals surface area contributed by atoms with E-state index in [1.165, 1.54) is 4.90 Å². The lowest BCUT2D eigenvalue weighted by atomic mass is 10.1. The summed E-state index contributed by atoms with van der Waals surface area (Å²) in [6.07, 6.45) is -0.221. The van der Waals surface area contributed by atoms with Gasteiger partial charge in [0.2, 0.25) is 0 Å².